The highest BCUT2D eigenvalue weighted by molar-refractivity contribution is 7.15. The van der Waals surface area contributed by atoms with Gasteiger partial charge in [0.15, 0.2) is 0 Å². The number of carbonyl (C=O) groups is 2. The highest BCUT2D eigenvalue weighted by Gasteiger charge is 2.38. The van der Waals surface area contributed by atoms with E-state index in [0.29, 0.717) is 16.5 Å². The Labute approximate surface area is 236 Å². The van der Waals surface area contributed by atoms with Crippen LogP contribution in [0.2, 0.25) is 0 Å². The van der Waals surface area contributed by atoms with Crippen molar-refractivity contribution in [2.24, 2.45) is 17.3 Å². The molecule has 3 aliphatic carbocycles. The lowest BCUT2D eigenvalue weighted by molar-refractivity contribution is -0.124. The molecule has 9 heteroatoms. The molecule has 2 saturated carbocycles. The number of halogens is 1. The Morgan fingerprint density at radius 3 is 2.39 bits per heavy atom. The Balaban J connectivity index is 0.00000336. The van der Waals surface area contributed by atoms with E-state index in [0.717, 1.165) is 75.5 Å². The summed E-state index contributed by atoms with van der Waals surface area (Å²) in [6, 6.07) is 2.30. The van der Waals surface area contributed by atoms with Crippen LogP contribution in [0.5, 0.6) is 0 Å². The maximum absolute atomic E-state index is 14.2. The van der Waals surface area contributed by atoms with Gasteiger partial charge < -0.3 is 10.0 Å². The third-order valence-corrected chi connectivity index (χ3v) is 10.1. The van der Waals surface area contributed by atoms with Gasteiger partial charge in [-0.15, -0.1) is 23.7 Å². The minimum atomic E-state index is -0.936. The monoisotopic (exact) mass is 560 g/mol. The second-order valence-corrected chi connectivity index (χ2v) is 13.3. The summed E-state index contributed by atoms with van der Waals surface area (Å²) >= 11 is 1.35. The van der Waals surface area contributed by atoms with Crippen molar-refractivity contribution < 1.29 is 14.7 Å². The molecule has 0 saturated heterocycles. The third-order valence-electron chi connectivity index (χ3n) is 8.90. The number of carboxylic acids is 1. The van der Waals surface area contributed by atoms with Crippen LogP contribution in [-0.2, 0) is 4.79 Å². The van der Waals surface area contributed by atoms with E-state index in [1.165, 1.54) is 16.9 Å². The second-order valence-electron chi connectivity index (χ2n) is 12.2. The van der Waals surface area contributed by atoms with Crippen LogP contribution in [0.4, 0.5) is 5.69 Å². The molecule has 0 aliphatic heterocycles. The average Bonchev–Trinajstić information content (AvgIpc) is 3.56. The number of amides is 1. The van der Waals surface area contributed by atoms with Crippen molar-refractivity contribution in [3.05, 3.63) is 34.6 Å². The molecular formula is C29H41ClN4O3S. The minimum Gasteiger partial charge on any atom is -0.477 e. The smallest absolute Gasteiger partial charge is 0.348 e. The lowest BCUT2D eigenvalue weighted by Gasteiger charge is -2.39. The molecule has 0 aromatic carbocycles. The van der Waals surface area contributed by atoms with Crippen LogP contribution in [0.15, 0.2) is 24.8 Å². The Morgan fingerprint density at radius 2 is 1.82 bits per heavy atom. The van der Waals surface area contributed by atoms with Crippen LogP contribution in [0, 0.1) is 17.3 Å². The quantitative estimate of drug-likeness (QED) is 0.397. The summed E-state index contributed by atoms with van der Waals surface area (Å²) in [7, 11) is 0. The van der Waals surface area contributed by atoms with Crippen molar-refractivity contribution in [1.29, 1.82) is 0 Å². The van der Waals surface area contributed by atoms with Gasteiger partial charge in [-0.25, -0.2) is 14.5 Å². The third kappa shape index (κ3) is 6.17. The first kappa shape index (κ1) is 28.8. The van der Waals surface area contributed by atoms with Crippen molar-refractivity contribution in [2.75, 3.05) is 4.90 Å². The van der Waals surface area contributed by atoms with Crippen molar-refractivity contribution in [1.82, 2.24) is 14.8 Å². The minimum absolute atomic E-state index is 0. The first-order valence-corrected chi connectivity index (χ1v) is 14.8. The molecule has 2 aromatic heterocycles. The lowest BCUT2D eigenvalue weighted by atomic mass is 9.78. The van der Waals surface area contributed by atoms with E-state index in [4.69, 9.17) is 0 Å². The highest BCUT2D eigenvalue weighted by Crippen LogP contribution is 2.45. The number of allylic oxidation sites excluding steroid dienone is 2. The first-order valence-electron chi connectivity index (χ1n) is 14.0. The van der Waals surface area contributed by atoms with Crippen LogP contribution in [0.25, 0.3) is 5.57 Å². The van der Waals surface area contributed by atoms with E-state index in [1.54, 1.807) is 12.7 Å². The fourth-order valence-corrected chi connectivity index (χ4v) is 7.41. The molecule has 0 atom stereocenters. The maximum Gasteiger partial charge on any atom is 0.348 e. The van der Waals surface area contributed by atoms with Crippen molar-refractivity contribution in [3.63, 3.8) is 0 Å². The lowest BCUT2D eigenvalue weighted by Crippen LogP contribution is -2.46. The predicted octanol–water partition coefficient (Wildman–Crippen LogP) is 7.40. The molecule has 0 radical (unpaired) electrons. The summed E-state index contributed by atoms with van der Waals surface area (Å²) < 4.78 is 1.92. The second kappa shape index (κ2) is 11.9. The number of rotatable bonds is 6. The van der Waals surface area contributed by atoms with Gasteiger partial charge in [-0.2, -0.15) is 5.10 Å². The first-order chi connectivity index (χ1) is 17.7. The van der Waals surface area contributed by atoms with E-state index in [-0.39, 0.29) is 41.7 Å². The average molecular weight is 561 g/mol. The number of aromatic nitrogens is 3. The fraction of sp³-hybridized carbons (Fsp3) is 0.655. The molecule has 5 rings (SSSR count). The zero-order valence-electron chi connectivity index (χ0n) is 22.8. The fourth-order valence-electron chi connectivity index (χ4n) is 6.36. The van der Waals surface area contributed by atoms with E-state index < -0.39 is 5.97 Å². The Kier molecular flexibility index (Phi) is 9.03. The summed E-state index contributed by atoms with van der Waals surface area (Å²) in [6.45, 7) is 6.82. The van der Waals surface area contributed by atoms with Gasteiger partial charge >= 0.3 is 5.97 Å². The summed E-state index contributed by atoms with van der Waals surface area (Å²) in [6.07, 6.45) is 16.0. The molecule has 7 nitrogen and oxygen atoms in total. The van der Waals surface area contributed by atoms with Crippen LogP contribution < -0.4 is 4.90 Å². The molecule has 3 aliphatic rings. The Bertz CT molecular complexity index is 1140. The normalized spacial score (nSPS) is 27.2. The molecule has 0 spiro atoms. The van der Waals surface area contributed by atoms with Crippen LogP contribution in [0.3, 0.4) is 0 Å². The summed E-state index contributed by atoms with van der Waals surface area (Å²) in [5.74, 6) is -0.180. The molecular weight excluding hydrogens is 520 g/mol. The van der Waals surface area contributed by atoms with Crippen LogP contribution >= 0.6 is 23.7 Å². The molecule has 2 aromatic rings. The standard InChI is InChI=1S/C29H40N4O3S.ClH/c1-19-4-6-21(7-5-19)27(34)33(23-10-8-22(9-11-23)32-18-30-17-31-32)24-16-25(37-26(24)28(35)36)20-12-14-29(2,3)15-13-20;/h12,16-19,21-23H,4-11,13-15H2,1-3H3,(H,35,36);1H/t19-,21-,22-,23-;. The van der Waals surface area contributed by atoms with Crippen LogP contribution in [0.1, 0.15) is 112 Å². The molecule has 2 fully saturated rings. The molecule has 1 N–H and O–H groups in total. The zero-order valence-corrected chi connectivity index (χ0v) is 24.4. The molecule has 38 heavy (non-hydrogen) atoms. The van der Waals surface area contributed by atoms with Crippen molar-refractivity contribution >= 4 is 46.9 Å². The van der Waals surface area contributed by atoms with Crippen molar-refractivity contribution in [3.8, 4) is 0 Å². The summed E-state index contributed by atoms with van der Waals surface area (Å²) in [4.78, 5) is 34.0. The maximum atomic E-state index is 14.2. The molecule has 0 unspecified atom stereocenters. The predicted molar refractivity (Wildman–Crippen MR) is 154 cm³/mol. The van der Waals surface area contributed by atoms with E-state index >= 15 is 0 Å². The van der Waals surface area contributed by atoms with Gasteiger partial charge in [0.05, 0.1) is 11.7 Å². The van der Waals surface area contributed by atoms with Gasteiger partial charge in [0, 0.05) is 16.8 Å². The molecule has 1 amide bonds. The number of anilines is 1. The summed E-state index contributed by atoms with van der Waals surface area (Å²) in [5.41, 5.74) is 2.13. The van der Waals surface area contributed by atoms with Crippen molar-refractivity contribution in [2.45, 2.75) is 103 Å². The van der Waals surface area contributed by atoms with E-state index in [1.807, 2.05) is 15.6 Å². The van der Waals surface area contributed by atoms with E-state index in [2.05, 4.69) is 36.9 Å². The largest absolute Gasteiger partial charge is 0.477 e. The number of hydrogen-bond donors (Lipinski definition) is 1. The van der Waals surface area contributed by atoms with Gasteiger partial charge in [-0.1, -0.05) is 26.8 Å². The topological polar surface area (TPSA) is 88.3 Å². The Morgan fingerprint density at radius 1 is 1.11 bits per heavy atom. The zero-order chi connectivity index (χ0) is 26.2. The summed E-state index contributed by atoms with van der Waals surface area (Å²) in [5, 5.41) is 14.6. The number of aromatic carboxylic acids is 1. The molecule has 2 heterocycles. The van der Waals surface area contributed by atoms with Gasteiger partial charge in [0.1, 0.15) is 17.5 Å². The highest BCUT2D eigenvalue weighted by atomic mass is 35.5. The van der Waals surface area contributed by atoms with Gasteiger partial charge in [-0.05, 0) is 93.6 Å². The number of nitrogens with zero attached hydrogens (tertiary/aromatic N) is 4. The molecule has 0 bridgehead atoms. The molecule has 208 valence electrons. The van der Waals surface area contributed by atoms with E-state index in [9.17, 15) is 14.7 Å². The number of carbonyl (C=O) groups excluding carboxylic acids is 1. The Hall–Kier alpha value is -2.19. The van der Waals surface area contributed by atoms with Gasteiger partial charge in [0.25, 0.3) is 0 Å². The number of thiophene rings is 1. The SMILES string of the molecule is CC1(C)CC=C(c2cc(N(C(=O)[C@H]3CC[C@H](C)CC3)[C@H]3CC[C@H](n4cncn4)CC3)c(C(=O)O)s2)CC1.Cl. The van der Waals surface area contributed by atoms with Crippen LogP contribution in [-0.4, -0.2) is 37.8 Å². The van der Waals surface area contributed by atoms with Gasteiger partial charge in [-0.3, -0.25) is 4.79 Å². The van der Waals surface area contributed by atoms with Gasteiger partial charge in [0.2, 0.25) is 5.91 Å². The number of carboxylic acid groups (broad SMARTS) is 1. The number of hydrogen-bond acceptors (Lipinski definition) is 5.